The van der Waals surface area contributed by atoms with Crippen molar-refractivity contribution in [2.75, 3.05) is 33.3 Å². The van der Waals surface area contributed by atoms with Crippen LogP contribution in [-0.2, 0) is 11.3 Å². The molecule has 0 radical (unpaired) electrons. The number of amides is 1. The van der Waals surface area contributed by atoms with E-state index in [4.69, 9.17) is 33.3 Å². The Labute approximate surface area is 287 Å². The number of carbonyl (C=O) groups is 1. The van der Waals surface area contributed by atoms with Crippen molar-refractivity contribution in [1.82, 2.24) is 26.3 Å². The SMILES string of the molecule is C=CCCC(CNCC1=C/N=C(NC=O)/C=C(c2cccc(-c3cccc(-c4ccc(CNCCO)c(C)n4)c3Cl)c2Cl)\C=C/1)NC. The standard InChI is InChI=1S/C37H42Cl2N6O2/c1-4-5-8-29(40-3)23-42-20-26-13-14-27(19-35(43-21-26)44-24-47)30-9-6-10-31(36(30)38)32-11-7-12-33(37(32)39)34-16-15-28(25(2)45-34)22-41-17-18-46/h4,6-7,9-16,19,21,24,29,40-42,46H,1,5,8,17-18,20,22-23H2,2-3H3,(H,43,44,47). The second-order valence-electron chi connectivity index (χ2n) is 11.1. The van der Waals surface area contributed by atoms with Crippen LogP contribution in [0.5, 0.6) is 0 Å². The summed E-state index contributed by atoms with van der Waals surface area (Å²) in [5.41, 5.74) is 7.54. The first-order chi connectivity index (χ1) is 22.9. The van der Waals surface area contributed by atoms with Crippen LogP contribution in [0.1, 0.15) is 29.7 Å². The number of rotatable bonds is 16. The number of aliphatic imine (C=N–C) groups is 1. The van der Waals surface area contributed by atoms with Crippen LogP contribution in [0.25, 0.3) is 28.0 Å². The number of aromatic nitrogens is 1. The molecule has 246 valence electrons. The molecule has 10 heteroatoms. The third kappa shape index (κ3) is 9.81. The summed E-state index contributed by atoms with van der Waals surface area (Å²) in [5.74, 6) is 0.397. The minimum Gasteiger partial charge on any atom is -0.395 e. The van der Waals surface area contributed by atoms with Gasteiger partial charge in [-0.2, -0.15) is 0 Å². The maximum atomic E-state index is 11.4. The first-order valence-electron chi connectivity index (χ1n) is 15.6. The Balaban J connectivity index is 1.62. The van der Waals surface area contributed by atoms with Gasteiger partial charge in [-0.15, -0.1) is 6.58 Å². The van der Waals surface area contributed by atoms with E-state index in [1.54, 1.807) is 12.3 Å². The van der Waals surface area contributed by atoms with Crippen LogP contribution in [0.2, 0.25) is 10.0 Å². The normalized spacial score (nSPS) is 17.6. The fraction of sp³-hybridized carbons (Fsp3) is 0.270. The summed E-state index contributed by atoms with van der Waals surface area (Å²) in [6.07, 6.45) is 12.0. The number of aliphatic hydroxyl groups is 1. The number of pyridine rings is 1. The number of amidine groups is 1. The van der Waals surface area contributed by atoms with Crippen molar-refractivity contribution in [3.8, 4) is 22.4 Å². The average molecular weight is 674 g/mol. The molecule has 1 aliphatic rings. The summed E-state index contributed by atoms with van der Waals surface area (Å²) >= 11 is 14.2. The Kier molecular flexibility index (Phi) is 14.1. The number of nitrogens with one attached hydrogen (secondary N) is 4. The van der Waals surface area contributed by atoms with E-state index in [-0.39, 0.29) is 6.61 Å². The molecule has 0 spiro atoms. The van der Waals surface area contributed by atoms with Gasteiger partial charge in [0.15, 0.2) is 0 Å². The van der Waals surface area contributed by atoms with Gasteiger partial charge in [0.1, 0.15) is 5.84 Å². The molecule has 47 heavy (non-hydrogen) atoms. The summed E-state index contributed by atoms with van der Waals surface area (Å²) < 4.78 is 0. The zero-order valence-electron chi connectivity index (χ0n) is 26.8. The van der Waals surface area contributed by atoms with Gasteiger partial charge >= 0.3 is 0 Å². The number of allylic oxidation sites excluding steroid dienone is 3. The lowest BCUT2D eigenvalue weighted by Gasteiger charge is -2.17. The zero-order valence-corrected chi connectivity index (χ0v) is 28.3. The highest BCUT2D eigenvalue weighted by Crippen LogP contribution is 2.41. The van der Waals surface area contributed by atoms with Crippen molar-refractivity contribution in [3.63, 3.8) is 0 Å². The molecule has 3 aromatic rings. The first kappa shape index (κ1) is 36.0. The van der Waals surface area contributed by atoms with Gasteiger partial charge in [-0.05, 0) is 55.7 Å². The van der Waals surface area contributed by atoms with Gasteiger partial charge in [0.05, 0.1) is 22.3 Å². The predicted molar refractivity (Wildman–Crippen MR) is 196 cm³/mol. The maximum Gasteiger partial charge on any atom is 0.212 e. The van der Waals surface area contributed by atoms with Crippen molar-refractivity contribution >= 4 is 41.0 Å². The van der Waals surface area contributed by atoms with Gasteiger partial charge in [0, 0.05) is 66.4 Å². The van der Waals surface area contributed by atoms with Crippen LogP contribution in [0.3, 0.4) is 0 Å². The lowest BCUT2D eigenvalue weighted by Crippen LogP contribution is -2.37. The number of hydrogen-bond donors (Lipinski definition) is 5. The molecule has 0 saturated carbocycles. The van der Waals surface area contributed by atoms with Gasteiger partial charge in [0.25, 0.3) is 0 Å². The molecule has 1 amide bonds. The lowest BCUT2D eigenvalue weighted by atomic mass is 9.95. The molecule has 0 fully saturated rings. The van der Waals surface area contributed by atoms with E-state index < -0.39 is 0 Å². The molecule has 0 aliphatic carbocycles. The molecular weight excluding hydrogens is 631 g/mol. The highest BCUT2D eigenvalue weighted by atomic mass is 35.5. The van der Waals surface area contributed by atoms with Crippen molar-refractivity contribution in [3.05, 3.63) is 118 Å². The van der Waals surface area contributed by atoms with Crippen molar-refractivity contribution in [2.45, 2.75) is 32.4 Å². The number of halogens is 2. The average Bonchev–Trinajstić information content (AvgIpc) is 3.06. The highest BCUT2D eigenvalue weighted by Gasteiger charge is 2.17. The molecule has 1 aromatic heterocycles. The molecular formula is C37H42Cl2N6O2. The van der Waals surface area contributed by atoms with E-state index in [1.165, 1.54) is 0 Å². The number of nitrogens with zero attached hydrogens (tertiary/aromatic N) is 2. The van der Waals surface area contributed by atoms with Crippen LogP contribution < -0.4 is 21.3 Å². The topological polar surface area (TPSA) is 111 Å². The first-order valence-corrected chi connectivity index (χ1v) is 16.4. The van der Waals surface area contributed by atoms with E-state index in [0.29, 0.717) is 48.0 Å². The fourth-order valence-electron chi connectivity index (χ4n) is 5.22. The largest absolute Gasteiger partial charge is 0.395 e. The van der Waals surface area contributed by atoms with Crippen molar-refractivity contribution < 1.29 is 9.90 Å². The smallest absolute Gasteiger partial charge is 0.212 e. The quantitative estimate of drug-likeness (QED) is 0.0700. The summed E-state index contributed by atoms with van der Waals surface area (Å²) in [5, 5.41) is 22.8. The molecule has 1 aliphatic heterocycles. The number of aliphatic hydroxyl groups excluding tert-OH is 1. The van der Waals surface area contributed by atoms with E-state index in [0.717, 1.165) is 69.7 Å². The second-order valence-corrected chi connectivity index (χ2v) is 11.8. The number of likely N-dealkylation sites (N-methyl/N-ethyl adjacent to an activating group) is 1. The van der Waals surface area contributed by atoms with Gasteiger partial charge in [-0.1, -0.05) is 83.9 Å². The molecule has 0 saturated heterocycles. The third-order valence-corrected chi connectivity index (χ3v) is 8.68. The number of aryl methyl sites for hydroxylation is 1. The van der Waals surface area contributed by atoms with Crippen molar-refractivity contribution in [1.29, 1.82) is 0 Å². The lowest BCUT2D eigenvalue weighted by molar-refractivity contribution is -0.108. The molecule has 4 rings (SSSR count). The van der Waals surface area contributed by atoms with Gasteiger partial charge in [-0.3, -0.25) is 9.78 Å². The molecule has 1 unspecified atom stereocenters. The van der Waals surface area contributed by atoms with E-state index in [9.17, 15) is 4.79 Å². The van der Waals surface area contributed by atoms with Crippen LogP contribution >= 0.6 is 23.2 Å². The molecule has 2 heterocycles. The Hall–Kier alpha value is -3.89. The fourth-order valence-corrected chi connectivity index (χ4v) is 5.89. The Morgan fingerprint density at radius 3 is 2.36 bits per heavy atom. The van der Waals surface area contributed by atoms with Crippen LogP contribution in [-0.4, -0.2) is 61.7 Å². The van der Waals surface area contributed by atoms with E-state index >= 15 is 0 Å². The molecule has 1 atom stereocenters. The highest BCUT2D eigenvalue weighted by molar-refractivity contribution is 6.39. The second kappa shape index (κ2) is 18.4. The van der Waals surface area contributed by atoms with Gasteiger partial charge < -0.3 is 26.4 Å². The maximum absolute atomic E-state index is 11.4. The Morgan fingerprint density at radius 1 is 0.957 bits per heavy atom. The molecule has 2 aromatic carbocycles. The van der Waals surface area contributed by atoms with E-state index in [1.807, 2.05) is 80.7 Å². The van der Waals surface area contributed by atoms with E-state index in [2.05, 4.69) is 32.8 Å². The van der Waals surface area contributed by atoms with Gasteiger partial charge in [-0.25, -0.2) is 4.99 Å². The van der Waals surface area contributed by atoms with Crippen molar-refractivity contribution in [2.24, 2.45) is 4.99 Å². The Bertz CT molecular complexity index is 1680. The van der Waals surface area contributed by atoms with Crippen LogP contribution in [0.4, 0.5) is 0 Å². The Morgan fingerprint density at radius 2 is 1.68 bits per heavy atom. The van der Waals surface area contributed by atoms with Crippen LogP contribution in [0.15, 0.2) is 96.2 Å². The van der Waals surface area contributed by atoms with Crippen LogP contribution in [0, 0.1) is 6.92 Å². The minimum absolute atomic E-state index is 0.0821. The minimum atomic E-state index is 0.0821. The summed E-state index contributed by atoms with van der Waals surface area (Å²) in [6, 6.07) is 16.0. The molecule has 0 bridgehead atoms. The predicted octanol–water partition coefficient (Wildman–Crippen LogP) is 6.24. The number of hydrogen-bond acceptors (Lipinski definition) is 7. The zero-order chi connectivity index (χ0) is 33.6. The molecule has 5 N–H and O–H groups in total. The third-order valence-electron chi connectivity index (χ3n) is 7.87. The summed E-state index contributed by atoms with van der Waals surface area (Å²) in [6.45, 7) is 8.38. The summed E-state index contributed by atoms with van der Waals surface area (Å²) in [4.78, 5) is 20.8. The van der Waals surface area contributed by atoms with Gasteiger partial charge in [0.2, 0.25) is 6.41 Å². The monoisotopic (exact) mass is 672 g/mol. The summed E-state index contributed by atoms with van der Waals surface area (Å²) in [7, 11) is 1.96. The number of carbonyl (C=O) groups excluding carboxylic acids is 1. The molecule has 8 nitrogen and oxygen atoms in total. The number of benzene rings is 2.